The van der Waals surface area contributed by atoms with Gasteiger partial charge in [0.1, 0.15) is 17.3 Å². The van der Waals surface area contributed by atoms with E-state index in [2.05, 4.69) is 9.97 Å². The van der Waals surface area contributed by atoms with Crippen LogP contribution in [0.4, 0.5) is 10.2 Å². The van der Waals surface area contributed by atoms with Crippen LogP contribution in [0.25, 0.3) is 0 Å². The molecule has 2 N–H and O–H groups in total. The minimum atomic E-state index is -0.631. The van der Waals surface area contributed by atoms with E-state index in [4.69, 9.17) is 5.73 Å². The third-order valence-electron chi connectivity index (χ3n) is 5.70. The monoisotopic (exact) mass is 383 g/mol. The molecule has 1 unspecified atom stereocenters. The molecule has 146 valence electrons. The maximum absolute atomic E-state index is 14.0. The molecule has 2 amide bonds. The SMILES string of the molecule is NC(=O)c1cncc(N2CCC3(CCCN(Cc4ccccc4F)C3=O)C2)n1. The smallest absolute Gasteiger partial charge is 0.268 e. The minimum absolute atomic E-state index is 0.0588. The highest BCUT2D eigenvalue weighted by Crippen LogP contribution is 2.41. The number of halogens is 1. The summed E-state index contributed by atoms with van der Waals surface area (Å²) in [7, 11) is 0. The van der Waals surface area contributed by atoms with Gasteiger partial charge in [-0.3, -0.25) is 14.6 Å². The van der Waals surface area contributed by atoms with Crippen LogP contribution in [0.3, 0.4) is 0 Å². The van der Waals surface area contributed by atoms with Gasteiger partial charge in [0.2, 0.25) is 5.91 Å². The van der Waals surface area contributed by atoms with Crippen molar-refractivity contribution in [3.05, 3.63) is 53.7 Å². The fourth-order valence-corrected chi connectivity index (χ4v) is 4.21. The molecule has 0 bridgehead atoms. The molecule has 1 spiro atoms. The van der Waals surface area contributed by atoms with Gasteiger partial charge in [-0.25, -0.2) is 9.37 Å². The van der Waals surface area contributed by atoms with Crippen LogP contribution in [-0.4, -0.2) is 46.3 Å². The third kappa shape index (κ3) is 3.30. The quantitative estimate of drug-likeness (QED) is 0.868. The first kappa shape index (κ1) is 18.3. The molecule has 1 aromatic heterocycles. The Kier molecular flexibility index (Phi) is 4.70. The average Bonchev–Trinajstić information content (AvgIpc) is 3.12. The zero-order valence-corrected chi connectivity index (χ0v) is 15.5. The number of amides is 2. The van der Waals surface area contributed by atoms with E-state index in [1.54, 1.807) is 29.3 Å². The lowest BCUT2D eigenvalue weighted by molar-refractivity contribution is -0.145. The number of piperidine rings is 1. The van der Waals surface area contributed by atoms with Gasteiger partial charge in [-0.15, -0.1) is 0 Å². The van der Waals surface area contributed by atoms with Gasteiger partial charge in [0.05, 0.1) is 17.8 Å². The van der Waals surface area contributed by atoms with Crippen molar-refractivity contribution in [2.75, 3.05) is 24.5 Å². The number of carbonyl (C=O) groups excluding carboxylic acids is 2. The van der Waals surface area contributed by atoms with Crippen LogP contribution >= 0.6 is 0 Å². The molecule has 1 atom stereocenters. The van der Waals surface area contributed by atoms with E-state index in [0.29, 0.717) is 37.4 Å². The highest BCUT2D eigenvalue weighted by Gasteiger charge is 2.48. The third-order valence-corrected chi connectivity index (χ3v) is 5.70. The summed E-state index contributed by atoms with van der Waals surface area (Å²) >= 11 is 0. The molecule has 3 heterocycles. The van der Waals surface area contributed by atoms with Crippen molar-refractivity contribution in [1.82, 2.24) is 14.9 Å². The summed E-state index contributed by atoms with van der Waals surface area (Å²) in [6, 6.07) is 6.57. The maximum atomic E-state index is 14.0. The van der Waals surface area contributed by atoms with Gasteiger partial charge in [-0.05, 0) is 25.3 Å². The summed E-state index contributed by atoms with van der Waals surface area (Å²) in [5.74, 6) is -0.315. The van der Waals surface area contributed by atoms with E-state index in [9.17, 15) is 14.0 Å². The van der Waals surface area contributed by atoms with Crippen LogP contribution in [0.5, 0.6) is 0 Å². The molecule has 2 fully saturated rings. The molecule has 2 aromatic rings. The molecule has 0 aliphatic carbocycles. The van der Waals surface area contributed by atoms with E-state index in [-0.39, 0.29) is 24.0 Å². The summed E-state index contributed by atoms with van der Waals surface area (Å²) in [6.45, 7) is 2.07. The Labute approximate surface area is 162 Å². The number of aromatic nitrogens is 2. The molecule has 7 nitrogen and oxygen atoms in total. The van der Waals surface area contributed by atoms with E-state index in [0.717, 1.165) is 12.8 Å². The van der Waals surface area contributed by atoms with Crippen LogP contribution in [0.2, 0.25) is 0 Å². The Balaban J connectivity index is 1.52. The van der Waals surface area contributed by atoms with Gasteiger partial charge < -0.3 is 15.5 Å². The zero-order valence-electron chi connectivity index (χ0n) is 15.5. The first-order chi connectivity index (χ1) is 13.5. The first-order valence-corrected chi connectivity index (χ1v) is 9.38. The molecular formula is C20H22FN5O2. The number of hydrogen-bond acceptors (Lipinski definition) is 5. The largest absolute Gasteiger partial charge is 0.364 e. The van der Waals surface area contributed by atoms with Gasteiger partial charge in [0.25, 0.3) is 5.91 Å². The van der Waals surface area contributed by atoms with Crippen LogP contribution in [-0.2, 0) is 11.3 Å². The van der Waals surface area contributed by atoms with Crippen molar-refractivity contribution < 1.29 is 14.0 Å². The second-order valence-corrected chi connectivity index (χ2v) is 7.50. The van der Waals surface area contributed by atoms with Crippen molar-refractivity contribution in [3.63, 3.8) is 0 Å². The number of nitrogens with zero attached hydrogens (tertiary/aromatic N) is 4. The van der Waals surface area contributed by atoms with Gasteiger partial charge in [-0.2, -0.15) is 0 Å². The number of primary amides is 1. The minimum Gasteiger partial charge on any atom is -0.364 e. The summed E-state index contributed by atoms with van der Waals surface area (Å²) < 4.78 is 14.0. The normalized spacial score (nSPS) is 22.1. The fraction of sp³-hybridized carbons (Fsp3) is 0.400. The van der Waals surface area contributed by atoms with Gasteiger partial charge >= 0.3 is 0 Å². The Hall–Kier alpha value is -3.03. The van der Waals surface area contributed by atoms with Crippen LogP contribution in [0.1, 0.15) is 35.3 Å². The lowest BCUT2D eigenvalue weighted by Crippen LogP contribution is -2.49. The fourth-order valence-electron chi connectivity index (χ4n) is 4.21. The van der Waals surface area contributed by atoms with Gasteiger partial charge in [0, 0.05) is 31.7 Å². The topological polar surface area (TPSA) is 92.4 Å². The van der Waals surface area contributed by atoms with E-state index in [1.165, 1.54) is 12.3 Å². The van der Waals surface area contributed by atoms with E-state index in [1.807, 2.05) is 4.90 Å². The van der Waals surface area contributed by atoms with Crippen molar-refractivity contribution >= 4 is 17.6 Å². The van der Waals surface area contributed by atoms with Crippen molar-refractivity contribution in [3.8, 4) is 0 Å². The molecule has 8 heteroatoms. The predicted molar refractivity (Wildman–Crippen MR) is 101 cm³/mol. The molecule has 0 saturated carbocycles. The maximum Gasteiger partial charge on any atom is 0.268 e. The molecule has 4 rings (SSSR count). The number of nitrogens with two attached hydrogens (primary N) is 1. The number of benzene rings is 1. The molecule has 2 aliphatic heterocycles. The Bertz CT molecular complexity index is 921. The molecule has 2 aliphatic rings. The van der Waals surface area contributed by atoms with Crippen molar-refractivity contribution in [1.29, 1.82) is 0 Å². The van der Waals surface area contributed by atoms with Gasteiger partial charge in [-0.1, -0.05) is 18.2 Å². The predicted octanol–water partition coefficient (Wildman–Crippen LogP) is 1.73. The standard InChI is InChI=1S/C20H22FN5O2/c21-15-5-2-1-4-14(15)12-25-8-3-6-20(19(25)28)7-9-26(13-20)17-11-23-10-16(24-17)18(22)27/h1-2,4-5,10-11H,3,6-9,12-13H2,(H2,22,27). The van der Waals surface area contributed by atoms with E-state index >= 15 is 0 Å². The lowest BCUT2D eigenvalue weighted by atomic mass is 9.78. The molecule has 1 aromatic carbocycles. The number of rotatable bonds is 4. The molecular weight excluding hydrogens is 361 g/mol. The average molecular weight is 383 g/mol. The molecule has 0 radical (unpaired) electrons. The second-order valence-electron chi connectivity index (χ2n) is 7.50. The molecule has 2 saturated heterocycles. The van der Waals surface area contributed by atoms with Crippen molar-refractivity contribution in [2.45, 2.75) is 25.8 Å². The number of likely N-dealkylation sites (tertiary alicyclic amines) is 1. The van der Waals surface area contributed by atoms with Crippen LogP contribution in [0.15, 0.2) is 36.7 Å². The van der Waals surface area contributed by atoms with Gasteiger partial charge in [0.15, 0.2) is 0 Å². The lowest BCUT2D eigenvalue weighted by Gasteiger charge is -2.39. The summed E-state index contributed by atoms with van der Waals surface area (Å²) in [4.78, 5) is 36.7. The Morgan fingerprint density at radius 3 is 2.82 bits per heavy atom. The number of carbonyl (C=O) groups is 2. The highest BCUT2D eigenvalue weighted by atomic mass is 19.1. The van der Waals surface area contributed by atoms with Crippen molar-refractivity contribution in [2.24, 2.45) is 11.1 Å². The zero-order chi connectivity index (χ0) is 19.7. The number of anilines is 1. The van der Waals surface area contributed by atoms with Crippen LogP contribution in [0, 0.1) is 11.2 Å². The van der Waals surface area contributed by atoms with Crippen LogP contribution < -0.4 is 10.6 Å². The second kappa shape index (κ2) is 7.18. The summed E-state index contributed by atoms with van der Waals surface area (Å²) in [6.07, 6.45) is 5.28. The van der Waals surface area contributed by atoms with E-state index < -0.39 is 11.3 Å². The first-order valence-electron chi connectivity index (χ1n) is 9.38. The number of hydrogen-bond donors (Lipinski definition) is 1. The highest BCUT2D eigenvalue weighted by molar-refractivity contribution is 5.90. The summed E-state index contributed by atoms with van der Waals surface area (Å²) in [5, 5.41) is 0. The summed E-state index contributed by atoms with van der Waals surface area (Å²) in [5.41, 5.74) is 5.42. The Morgan fingerprint density at radius 2 is 2.04 bits per heavy atom. The molecule has 28 heavy (non-hydrogen) atoms. The Morgan fingerprint density at radius 1 is 1.21 bits per heavy atom.